The Morgan fingerprint density at radius 1 is 0.357 bits per heavy atom. The van der Waals surface area contributed by atoms with Gasteiger partial charge in [-0.3, -0.25) is 4.98 Å². The molecule has 0 spiro atoms. The quantitative estimate of drug-likeness (QED) is 0.224. The van der Waals surface area contributed by atoms with Crippen LogP contribution >= 0.6 is 0 Å². The highest BCUT2D eigenvalue weighted by atomic mass is 14.7. The summed E-state index contributed by atoms with van der Waals surface area (Å²) in [7, 11) is 0. The lowest BCUT2D eigenvalue weighted by atomic mass is 9.94. The Hall–Kier alpha value is -5.60. The van der Waals surface area contributed by atoms with Crippen LogP contribution in [0.2, 0.25) is 0 Å². The van der Waals surface area contributed by atoms with Crippen molar-refractivity contribution in [3.8, 4) is 44.8 Å². The molecular formula is C40H26N2. The topological polar surface area (TPSA) is 25.8 Å². The number of aromatic nitrogens is 2. The van der Waals surface area contributed by atoms with Crippen LogP contribution in [0.1, 0.15) is 0 Å². The highest BCUT2D eigenvalue weighted by Crippen LogP contribution is 2.36. The summed E-state index contributed by atoms with van der Waals surface area (Å²) in [6.07, 6.45) is 1.84. The molecule has 0 saturated carbocycles. The lowest BCUT2D eigenvalue weighted by Gasteiger charge is -2.13. The molecule has 0 aliphatic carbocycles. The zero-order chi connectivity index (χ0) is 27.9. The highest BCUT2D eigenvalue weighted by molar-refractivity contribution is 6.00. The number of hydrogen-bond acceptors (Lipinski definition) is 2. The van der Waals surface area contributed by atoms with Crippen LogP contribution in [-0.4, -0.2) is 9.97 Å². The molecular weight excluding hydrogens is 508 g/mol. The number of nitrogens with zero attached hydrogens (tertiary/aromatic N) is 2. The first kappa shape index (κ1) is 24.2. The molecule has 0 fully saturated rings. The Labute approximate surface area is 244 Å². The first-order chi connectivity index (χ1) is 20.8. The largest absolute Gasteiger partial charge is 0.256 e. The predicted molar refractivity (Wildman–Crippen MR) is 176 cm³/mol. The van der Waals surface area contributed by atoms with E-state index in [1.165, 1.54) is 38.2 Å². The maximum Gasteiger partial charge on any atom is 0.0716 e. The lowest BCUT2D eigenvalue weighted by Crippen LogP contribution is -1.92. The van der Waals surface area contributed by atoms with Crippen LogP contribution in [0.15, 0.2) is 158 Å². The summed E-state index contributed by atoms with van der Waals surface area (Å²) < 4.78 is 0. The van der Waals surface area contributed by atoms with E-state index in [1.54, 1.807) is 0 Å². The molecule has 0 atom stereocenters. The second kappa shape index (κ2) is 10.1. The maximum absolute atomic E-state index is 5.18. The van der Waals surface area contributed by atoms with Gasteiger partial charge in [-0.15, -0.1) is 0 Å². The van der Waals surface area contributed by atoms with Gasteiger partial charge in [0.2, 0.25) is 0 Å². The van der Waals surface area contributed by atoms with E-state index in [4.69, 9.17) is 4.98 Å². The number of fused-ring (bicyclic) bond motifs is 3. The van der Waals surface area contributed by atoms with Gasteiger partial charge in [0, 0.05) is 22.7 Å². The molecule has 2 nitrogen and oxygen atoms in total. The molecule has 0 N–H and O–H groups in total. The van der Waals surface area contributed by atoms with Gasteiger partial charge in [-0.25, -0.2) is 4.98 Å². The fraction of sp³-hybridized carbons (Fsp3) is 0. The van der Waals surface area contributed by atoms with Gasteiger partial charge in [0.05, 0.1) is 16.9 Å². The Morgan fingerprint density at radius 2 is 0.929 bits per heavy atom. The maximum atomic E-state index is 5.18. The summed E-state index contributed by atoms with van der Waals surface area (Å²) in [6.45, 7) is 0. The summed E-state index contributed by atoms with van der Waals surface area (Å²) in [4.78, 5) is 9.72. The normalized spacial score (nSPS) is 11.3. The minimum atomic E-state index is 0.968. The Bertz CT molecular complexity index is 2230. The van der Waals surface area contributed by atoms with Crippen LogP contribution < -0.4 is 0 Å². The van der Waals surface area contributed by atoms with Gasteiger partial charge in [0.15, 0.2) is 0 Å². The third-order valence-electron chi connectivity index (χ3n) is 8.09. The molecule has 196 valence electrons. The lowest BCUT2D eigenvalue weighted by molar-refractivity contribution is 1.33. The Balaban J connectivity index is 1.31. The zero-order valence-electron chi connectivity index (χ0n) is 22.9. The summed E-state index contributed by atoms with van der Waals surface area (Å²) in [5.41, 5.74) is 9.83. The van der Waals surface area contributed by atoms with E-state index >= 15 is 0 Å². The van der Waals surface area contributed by atoms with Gasteiger partial charge in [0.25, 0.3) is 0 Å². The zero-order valence-corrected chi connectivity index (χ0v) is 22.9. The van der Waals surface area contributed by atoms with Gasteiger partial charge in [-0.05, 0) is 86.3 Å². The van der Waals surface area contributed by atoms with Crippen molar-refractivity contribution in [1.29, 1.82) is 0 Å². The van der Waals surface area contributed by atoms with Crippen molar-refractivity contribution >= 4 is 32.4 Å². The fourth-order valence-corrected chi connectivity index (χ4v) is 5.86. The molecule has 8 aromatic rings. The third-order valence-corrected chi connectivity index (χ3v) is 8.09. The molecule has 2 heterocycles. The molecule has 0 amide bonds. The van der Waals surface area contributed by atoms with Crippen molar-refractivity contribution < 1.29 is 0 Å². The van der Waals surface area contributed by atoms with Crippen molar-refractivity contribution in [3.05, 3.63) is 158 Å². The second-order valence-electron chi connectivity index (χ2n) is 10.7. The molecule has 42 heavy (non-hydrogen) atoms. The third kappa shape index (κ3) is 4.40. The average molecular weight is 535 g/mol. The molecule has 8 rings (SSSR count). The predicted octanol–water partition coefficient (Wildman–Crippen LogP) is 10.6. The van der Waals surface area contributed by atoms with Gasteiger partial charge in [0.1, 0.15) is 0 Å². The van der Waals surface area contributed by atoms with E-state index in [2.05, 4.69) is 138 Å². The fourth-order valence-electron chi connectivity index (χ4n) is 5.86. The number of hydrogen-bond donors (Lipinski definition) is 0. The standard InChI is InChI=1S/C40H26N2/c1-3-9-31-23-33(18-12-27(31)7-1)34-20-21-39-37(25-34)36(29-14-16-30(17-15-29)38-11-5-6-22-41-38)26-40(42-39)35-19-13-28-8-2-4-10-32(28)24-35/h1-26H. The van der Waals surface area contributed by atoms with Crippen LogP contribution in [0.5, 0.6) is 0 Å². The first-order valence-electron chi connectivity index (χ1n) is 14.2. The molecule has 2 heteroatoms. The average Bonchev–Trinajstić information content (AvgIpc) is 3.07. The van der Waals surface area contributed by atoms with Crippen LogP contribution in [0.3, 0.4) is 0 Å². The van der Waals surface area contributed by atoms with Gasteiger partial charge in [-0.2, -0.15) is 0 Å². The minimum absolute atomic E-state index is 0.968. The smallest absolute Gasteiger partial charge is 0.0716 e. The van der Waals surface area contributed by atoms with Crippen molar-refractivity contribution in [2.24, 2.45) is 0 Å². The van der Waals surface area contributed by atoms with Crippen molar-refractivity contribution in [2.75, 3.05) is 0 Å². The van der Waals surface area contributed by atoms with E-state index in [9.17, 15) is 0 Å². The SMILES string of the molecule is c1ccc(-c2ccc(-c3cc(-c4ccc5ccccc5c4)nc4ccc(-c5ccc6ccccc6c5)cc34)cc2)nc1. The van der Waals surface area contributed by atoms with Crippen LogP contribution in [0.25, 0.3) is 77.2 Å². The molecule has 0 unspecified atom stereocenters. The molecule has 0 radical (unpaired) electrons. The monoisotopic (exact) mass is 534 g/mol. The van der Waals surface area contributed by atoms with Crippen molar-refractivity contribution in [3.63, 3.8) is 0 Å². The van der Waals surface area contributed by atoms with Crippen LogP contribution in [0.4, 0.5) is 0 Å². The van der Waals surface area contributed by atoms with E-state index in [0.29, 0.717) is 0 Å². The van der Waals surface area contributed by atoms with E-state index in [0.717, 1.165) is 39.0 Å². The summed E-state index contributed by atoms with van der Waals surface area (Å²) >= 11 is 0. The number of rotatable bonds is 4. The van der Waals surface area contributed by atoms with Crippen LogP contribution in [-0.2, 0) is 0 Å². The van der Waals surface area contributed by atoms with Crippen molar-refractivity contribution in [2.45, 2.75) is 0 Å². The van der Waals surface area contributed by atoms with Gasteiger partial charge in [-0.1, -0.05) is 109 Å². The molecule has 0 aliphatic rings. The summed E-state index contributed by atoms with van der Waals surface area (Å²) in [5.74, 6) is 0. The highest BCUT2D eigenvalue weighted by Gasteiger charge is 2.13. The molecule has 0 aliphatic heterocycles. The molecule has 6 aromatic carbocycles. The summed E-state index contributed by atoms with van der Waals surface area (Å²) in [6, 6.07) is 53.9. The second-order valence-corrected chi connectivity index (χ2v) is 10.7. The van der Waals surface area contributed by atoms with E-state index in [-0.39, 0.29) is 0 Å². The minimum Gasteiger partial charge on any atom is -0.256 e. The molecule has 0 saturated heterocycles. The van der Waals surface area contributed by atoms with Crippen molar-refractivity contribution in [1.82, 2.24) is 9.97 Å². The van der Waals surface area contributed by atoms with Gasteiger partial charge >= 0.3 is 0 Å². The van der Waals surface area contributed by atoms with Gasteiger partial charge < -0.3 is 0 Å². The van der Waals surface area contributed by atoms with E-state index < -0.39 is 0 Å². The number of pyridine rings is 2. The molecule has 0 bridgehead atoms. The summed E-state index contributed by atoms with van der Waals surface area (Å²) in [5, 5.41) is 6.07. The Kier molecular flexibility index (Phi) is 5.82. The Morgan fingerprint density at radius 3 is 1.64 bits per heavy atom. The molecule has 2 aromatic heterocycles. The van der Waals surface area contributed by atoms with Crippen LogP contribution in [0, 0.1) is 0 Å². The number of benzene rings is 6. The first-order valence-corrected chi connectivity index (χ1v) is 14.2. The van der Waals surface area contributed by atoms with E-state index in [1.807, 2.05) is 24.4 Å².